The minimum Gasteiger partial charge on any atom is -0.357 e. The molecule has 0 radical (unpaired) electrons. The summed E-state index contributed by atoms with van der Waals surface area (Å²) in [5.74, 6) is 0.909. The van der Waals surface area contributed by atoms with E-state index in [0.717, 1.165) is 36.9 Å². The second-order valence-corrected chi connectivity index (χ2v) is 6.42. The van der Waals surface area contributed by atoms with Crippen molar-refractivity contribution >= 4 is 29.9 Å². The molecule has 1 heterocycles. The van der Waals surface area contributed by atoms with Gasteiger partial charge in [-0.3, -0.25) is 4.68 Å². The molecule has 1 aromatic carbocycles. The van der Waals surface area contributed by atoms with Gasteiger partial charge in [0.15, 0.2) is 5.96 Å². The minimum atomic E-state index is -0.232. The molecule has 0 bridgehead atoms. The van der Waals surface area contributed by atoms with Crippen molar-refractivity contribution in [1.82, 2.24) is 20.4 Å². The van der Waals surface area contributed by atoms with Crippen molar-refractivity contribution in [3.63, 3.8) is 0 Å². The first-order valence-electron chi connectivity index (χ1n) is 8.75. The third kappa shape index (κ3) is 7.31. The highest BCUT2D eigenvalue weighted by Gasteiger charge is 2.08. The smallest absolute Gasteiger partial charge is 0.191 e. The number of nitrogens with zero attached hydrogens (tertiary/aromatic N) is 3. The third-order valence-corrected chi connectivity index (χ3v) is 3.86. The lowest BCUT2D eigenvalue weighted by atomic mass is 10.2. The van der Waals surface area contributed by atoms with Crippen molar-refractivity contribution < 1.29 is 4.39 Å². The van der Waals surface area contributed by atoms with Crippen LogP contribution < -0.4 is 10.6 Å². The normalized spacial score (nSPS) is 12.4. The summed E-state index contributed by atoms with van der Waals surface area (Å²) in [5.41, 5.74) is 3.08. The number of hydrogen-bond acceptors (Lipinski definition) is 2. The first-order valence-corrected chi connectivity index (χ1v) is 8.75. The van der Waals surface area contributed by atoms with E-state index in [1.807, 2.05) is 24.6 Å². The van der Waals surface area contributed by atoms with Crippen molar-refractivity contribution in [1.29, 1.82) is 0 Å². The van der Waals surface area contributed by atoms with Crippen molar-refractivity contribution in [2.75, 3.05) is 13.1 Å². The highest BCUT2D eigenvalue weighted by Crippen LogP contribution is 2.06. The number of hydrogen-bond donors (Lipinski definition) is 2. The van der Waals surface area contributed by atoms with Gasteiger partial charge in [0, 0.05) is 25.3 Å². The largest absolute Gasteiger partial charge is 0.357 e. The maximum Gasteiger partial charge on any atom is 0.191 e. The summed E-state index contributed by atoms with van der Waals surface area (Å²) in [6, 6.07) is 8.62. The van der Waals surface area contributed by atoms with Crippen LogP contribution in [0.5, 0.6) is 0 Å². The van der Waals surface area contributed by atoms with Gasteiger partial charge in [0.05, 0.1) is 12.2 Å². The van der Waals surface area contributed by atoms with Gasteiger partial charge in [-0.25, -0.2) is 9.38 Å². The van der Waals surface area contributed by atoms with Crippen LogP contribution in [-0.2, 0) is 13.1 Å². The second kappa shape index (κ2) is 11.2. The zero-order valence-electron chi connectivity index (χ0n) is 15.9. The molecule has 0 spiro atoms. The summed E-state index contributed by atoms with van der Waals surface area (Å²) in [4.78, 5) is 4.53. The highest BCUT2D eigenvalue weighted by atomic mass is 127. The van der Waals surface area contributed by atoms with Gasteiger partial charge in [0.2, 0.25) is 0 Å². The molecular formula is C19H29FIN5. The number of aromatic nitrogens is 2. The lowest BCUT2D eigenvalue weighted by Crippen LogP contribution is -2.40. The van der Waals surface area contributed by atoms with Crippen molar-refractivity contribution in [3.05, 3.63) is 53.1 Å². The van der Waals surface area contributed by atoms with E-state index in [1.165, 1.54) is 17.8 Å². The van der Waals surface area contributed by atoms with Crippen LogP contribution >= 0.6 is 24.0 Å². The number of halogens is 2. The van der Waals surface area contributed by atoms with E-state index in [4.69, 9.17) is 0 Å². The Kier molecular flexibility index (Phi) is 9.61. The molecule has 0 saturated heterocycles. The predicted molar refractivity (Wildman–Crippen MR) is 115 cm³/mol. The Morgan fingerprint density at radius 3 is 2.65 bits per heavy atom. The molecule has 2 rings (SSSR count). The Hall–Kier alpha value is -1.64. The number of aryl methyl sites for hydroxylation is 2. The molecule has 2 aromatic rings. The SMILES string of the molecule is CCNC(=NCc1cccc(F)c1)NCC(C)Cn1nc(C)cc1C.I. The Morgan fingerprint density at radius 2 is 2.04 bits per heavy atom. The van der Waals surface area contributed by atoms with Gasteiger partial charge >= 0.3 is 0 Å². The molecule has 1 atom stereocenters. The summed E-state index contributed by atoms with van der Waals surface area (Å²) in [6.07, 6.45) is 0. The molecule has 0 aliphatic rings. The lowest BCUT2D eigenvalue weighted by molar-refractivity contribution is 0.436. The average Bonchev–Trinajstić information content (AvgIpc) is 2.87. The number of guanidine groups is 1. The lowest BCUT2D eigenvalue weighted by Gasteiger charge is -2.16. The van der Waals surface area contributed by atoms with Crippen LogP contribution in [0.25, 0.3) is 0 Å². The zero-order valence-corrected chi connectivity index (χ0v) is 18.3. The first kappa shape index (κ1) is 22.4. The average molecular weight is 473 g/mol. The molecule has 26 heavy (non-hydrogen) atoms. The molecule has 0 aliphatic carbocycles. The summed E-state index contributed by atoms with van der Waals surface area (Å²) in [5, 5.41) is 11.1. The summed E-state index contributed by atoms with van der Waals surface area (Å²) in [6.45, 7) is 11.2. The van der Waals surface area contributed by atoms with Crippen molar-refractivity contribution in [2.45, 2.75) is 40.8 Å². The zero-order chi connectivity index (χ0) is 18.2. The second-order valence-electron chi connectivity index (χ2n) is 6.42. The summed E-state index contributed by atoms with van der Waals surface area (Å²) in [7, 11) is 0. The third-order valence-electron chi connectivity index (χ3n) is 3.86. The Morgan fingerprint density at radius 1 is 1.27 bits per heavy atom. The van der Waals surface area contributed by atoms with E-state index in [9.17, 15) is 4.39 Å². The Labute approximate surface area is 172 Å². The Balaban J connectivity index is 0.00000338. The monoisotopic (exact) mass is 473 g/mol. The standard InChI is InChI=1S/C19H28FN5.HI/c1-5-21-19(23-12-17-7-6-8-18(20)10-17)22-11-14(2)13-25-16(4)9-15(3)24-25;/h6-10,14H,5,11-13H2,1-4H3,(H2,21,22,23);1H. The van der Waals surface area contributed by atoms with Gasteiger partial charge < -0.3 is 10.6 Å². The molecule has 7 heteroatoms. The molecule has 0 amide bonds. The summed E-state index contributed by atoms with van der Waals surface area (Å²) >= 11 is 0. The molecule has 0 aliphatic heterocycles. The highest BCUT2D eigenvalue weighted by molar-refractivity contribution is 14.0. The summed E-state index contributed by atoms with van der Waals surface area (Å²) < 4.78 is 15.3. The van der Waals surface area contributed by atoms with E-state index < -0.39 is 0 Å². The molecule has 0 fully saturated rings. The maximum atomic E-state index is 13.2. The molecule has 0 saturated carbocycles. The van der Waals surface area contributed by atoms with Crippen LogP contribution in [0.4, 0.5) is 4.39 Å². The molecule has 2 N–H and O–H groups in total. The van der Waals surface area contributed by atoms with Crippen LogP contribution in [0.1, 0.15) is 30.8 Å². The van der Waals surface area contributed by atoms with E-state index >= 15 is 0 Å². The van der Waals surface area contributed by atoms with Crippen LogP contribution in [0, 0.1) is 25.6 Å². The minimum absolute atomic E-state index is 0. The molecule has 5 nitrogen and oxygen atoms in total. The first-order chi connectivity index (χ1) is 12.0. The fourth-order valence-corrected chi connectivity index (χ4v) is 2.64. The van der Waals surface area contributed by atoms with Crippen LogP contribution in [-0.4, -0.2) is 28.8 Å². The van der Waals surface area contributed by atoms with Crippen LogP contribution in [0.3, 0.4) is 0 Å². The van der Waals surface area contributed by atoms with E-state index in [0.29, 0.717) is 12.5 Å². The van der Waals surface area contributed by atoms with Crippen LogP contribution in [0.15, 0.2) is 35.3 Å². The molecule has 1 aromatic heterocycles. The molecule has 1 unspecified atom stereocenters. The van der Waals surface area contributed by atoms with Gasteiger partial charge in [0.25, 0.3) is 0 Å². The van der Waals surface area contributed by atoms with Crippen LogP contribution in [0.2, 0.25) is 0 Å². The number of nitrogens with one attached hydrogen (secondary N) is 2. The van der Waals surface area contributed by atoms with Crippen molar-refractivity contribution in [2.24, 2.45) is 10.9 Å². The Bertz CT molecular complexity index is 714. The molecule has 144 valence electrons. The topological polar surface area (TPSA) is 54.2 Å². The maximum absolute atomic E-state index is 13.2. The van der Waals surface area contributed by atoms with Gasteiger partial charge in [-0.05, 0) is 50.5 Å². The van der Waals surface area contributed by atoms with Crippen molar-refractivity contribution in [3.8, 4) is 0 Å². The van der Waals surface area contributed by atoms with Gasteiger partial charge in [-0.2, -0.15) is 5.10 Å². The number of rotatable bonds is 7. The predicted octanol–water partition coefficient (Wildman–Crippen LogP) is 3.65. The fraction of sp³-hybridized carbons (Fsp3) is 0.474. The fourth-order valence-electron chi connectivity index (χ4n) is 2.64. The number of aliphatic imine (C=N–C) groups is 1. The molecular weight excluding hydrogens is 444 g/mol. The quantitative estimate of drug-likeness (QED) is 0.367. The van der Waals surface area contributed by atoms with Gasteiger partial charge in [0.1, 0.15) is 5.82 Å². The van der Waals surface area contributed by atoms with E-state index in [2.05, 4.69) is 40.6 Å². The van der Waals surface area contributed by atoms with Gasteiger partial charge in [-0.1, -0.05) is 19.1 Å². The van der Waals surface area contributed by atoms with Gasteiger partial charge in [-0.15, -0.1) is 24.0 Å². The van der Waals surface area contributed by atoms with E-state index in [1.54, 1.807) is 6.07 Å². The van der Waals surface area contributed by atoms with E-state index in [-0.39, 0.29) is 29.8 Å². The number of benzene rings is 1.